The monoisotopic (exact) mass is 436 g/mol. The largest absolute Gasteiger partial charge is 0.383 e. The molecule has 1 atom stereocenters. The van der Waals surface area contributed by atoms with E-state index in [-0.39, 0.29) is 24.4 Å². The van der Waals surface area contributed by atoms with Crippen molar-refractivity contribution < 1.29 is 4.79 Å². The Labute approximate surface area is 184 Å². The van der Waals surface area contributed by atoms with E-state index < -0.39 is 0 Å². The molecule has 1 aliphatic rings. The van der Waals surface area contributed by atoms with E-state index in [1.165, 1.54) is 6.33 Å². The number of hydrogen-bond acceptors (Lipinski definition) is 7. The number of carbonyl (C=O) groups is 1. The first-order valence-corrected chi connectivity index (χ1v) is 9.73. The number of anilines is 2. The summed E-state index contributed by atoms with van der Waals surface area (Å²) in [5.74, 6) is 0.672. The number of nitrogen functional groups attached to an aromatic ring is 1. The van der Waals surface area contributed by atoms with Crippen LogP contribution in [0, 0.1) is 0 Å². The minimum Gasteiger partial charge on any atom is -0.383 e. The maximum absolute atomic E-state index is 12.5. The van der Waals surface area contributed by atoms with Gasteiger partial charge in [-0.15, -0.1) is 12.4 Å². The molecule has 0 saturated carbocycles. The van der Waals surface area contributed by atoms with Gasteiger partial charge in [-0.25, -0.2) is 19.6 Å². The second-order valence-electron chi connectivity index (χ2n) is 7.14. The molecule has 3 aromatic heterocycles. The topological polar surface area (TPSA) is 124 Å². The molecule has 0 spiro atoms. The lowest BCUT2D eigenvalue weighted by Crippen LogP contribution is -2.15. The summed E-state index contributed by atoms with van der Waals surface area (Å²) in [5, 5.41) is 11.7. The predicted molar refractivity (Wildman–Crippen MR) is 121 cm³/mol. The van der Waals surface area contributed by atoms with Gasteiger partial charge in [0, 0.05) is 23.9 Å². The van der Waals surface area contributed by atoms with Crippen molar-refractivity contribution in [3.05, 3.63) is 60.6 Å². The normalized spacial score (nSPS) is 15.5. The van der Waals surface area contributed by atoms with E-state index >= 15 is 0 Å². The zero-order chi connectivity index (χ0) is 20.5. The van der Waals surface area contributed by atoms with Crippen molar-refractivity contribution in [1.82, 2.24) is 30.0 Å². The van der Waals surface area contributed by atoms with Crippen molar-refractivity contribution in [1.29, 1.82) is 0 Å². The highest BCUT2D eigenvalue weighted by molar-refractivity contribution is 6.04. The standard InChI is InChI=1S/C21H20N8O.ClH/c22-19-17-18(28-29(15-8-10-23-11-15)20(17)26-12-25-19)13-4-6-14(7-5-13)21(30)27-16-3-1-2-9-24-16;/h1-7,9,12,15,23H,8,10-11H2,(H2,22,25,26)(H,24,27,30);1H/t15-;/m1./s1. The summed E-state index contributed by atoms with van der Waals surface area (Å²) in [7, 11) is 0. The Kier molecular flexibility index (Phi) is 5.79. The van der Waals surface area contributed by atoms with E-state index in [0.29, 0.717) is 22.9 Å². The van der Waals surface area contributed by atoms with E-state index in [1.807, 2.05) is 22.9 Å². The number of nitrogens with zero attached hydrogens (tertiary/aromatic N) is 5. The van der Waals surface area contributed by atoms with E-state index in [1.54, 1.807) is 30.5 Å². The van der Waals surface area contributed by atoms with E-state index in [4.69, 9.17) is 10.8 Å². The fourth-order valence-corrected chi connectivity index (χ4v) is 3.70. The first-order valence-electron chi connectivity index (χ1n) is 9.73. The first kappa shape index (κ1) is 20.7. The average molecular weight is 437 g/mol. The van der Waals surface area contributed by atoms with Gasteiger partial charge in [0.05, 0.1) is 11.4 Å². The Morgan fingerprint density at radius 3 is 2.68 bits per heavy atom. The van der Waals surface area contributed by atoms with Gasteiger partial charge in [-0.05, 0) is 37.2 Å². The molecule has 9 nitrogen and oxygen atoms in total. The van der Waals surface area contributed by atoms with Gasteiger partial charge in [0.1, 0.15) is 23.7 Å². The van der Waals surface area contributed by atoms with Crippen LogP contribution in [-0.2, 0) is 0 Å². The van der Waals surface area contributed by atoms with Gasteiger partial charge in [0.2, 0.25) is 0 Å². The van der Waals surface area contributed by atoms with Crippen LogP contribution in [0.5, 0.6) is 0 Å². The minimum absolute atomic E-state index is 0. The number of nitrogens with two attached hydrogens (primary N) is 1. The number of amides is 1. The summed E-state index contributed by atoms with van der Waals surface area (Å²) < 4.78 is 1.93. The molecule has 4 N–H and O–H groups in total. The van der Waals surface area contributed by atoms with Crippen molar-refractivity contribution in [2.24, 2.45) is 0 Å². The minimum atomic E-state index is -0.226. The van der Waals surface area contributed by atoms with Gasteiger partial charge >= 0.3 is 0 Å². The van der Waals surface area contributed by atoms with Crippen LogP contribution in [0.25, 0.3) is 22.3 Å². The molecular formula is C21H21ClN8O. The Morgan fingerprint density at radius 1 is 1.13 bits per heavy atom. The highest BCUT2D eigenvalue weighted by Gasteiger charge is 2.24. The number of carbonyl (C=O) groups excluding carboxylic acids is 1. The second-order valence-corrected chi connectivity index (χ2v) is 7.14. The quantitative estimate of drug-likeness (QED) is 0.449. The van der Waals surface area contributed by atoms with E-state index in [9.17, 15) is 4.79 Å². The molecule has 31 heavy (non-hydrogen) atoms. The van der Waals surface area contributed by atoms with Crippen LogP contribution >= 0.6 is 12.4 Å². The highest BCUT2D eigenvalue weighted by Crippen LogP contribution is 2.32. The SMILES string of the molecule is Cl.Nc1ncnc2c1c(-c1ccc(C(=O)Nc3ccccn3)cc1)nn2[C@@H]1CCNC1. The van der Waals surface area contributed by atoms with Gasteiger partial charge in [0.15, 0.2) is 5.65 Å². The molecule has 10 heteroatoms. The van der Waals surface area contributed by atoms with Crippen LogP contribution in [0.1, 0.15) is 22.8 Å². The number of nitrogens with one attached hydrogen (secondary N) is 2. The fraction of sp³-hybridized carbons (Fsp3) is 0.190. The first-order chi connectivity index (χ1) is 14.7. The van der Waals surface area contributed by atoms with Gasteiger partial charge in [-0.2, -0.15) is 5.10 Å². The number of aromatic nitrogens is 5. The molecule has 1 fully saturated rings. The lowest BCUT2D eigenvalue weighted by Gasteiger charge is -2.09. The Balaban J connectivity index is 0.00000231. The third-order valence-electron chi connectivity index (χ3n) is 5.23. The molecule has 4 aromatic rings. The zero-order valence-corrected chi connectivity index (χ0v) is 17.3. The number of halogens is 1. The maximum atomic E-state index is 12.5. The lowest BCUT2D eigenvalue weighted by molar-refractivity contribution is 0.102. The molecule has 1 aliphatic heterocycles. The van der Waals surface area contributed by atoms with E-state index in [0.717, 1.165) is 36.1 Å². The Morgan fingerprint density at radius 2 is 1.97 bits per heavy atom. The molecule has 158 valence electrons. The number of fused-ring (bicyclic) bond motifs is 1. The molecule has 1 amide bonds. The number of benzene rings is 1. The van der Waals surface area contributed by atoms with Crippen molar-refractivity contribution in [3.63, 3.8) is 0 Å². The fourth-order valence-electron chi connectivity index (χ4n) is 3.70. The molecule has 0 radical (unpaired) electrons. The number of rotatable bonds is 4. The van der Waals surface area contributed by atoms with Crippen LogP contribution in [0.3, 0.4) is 0 Å². The van der Waals surface area contributed by atoms with Crippen LogP contribution < -0.4 is 16.4 Å². The van der Waals surface area contributed by atoms with Gasteiger partial charge in [-0.3, -0.25) is 4.79 Å². The maximum Gasteiger partial charge on any atom is 0.256 e. The van der Waals surface area contributed by atoms with E-state index in [2.05, 4.69) is 25.6 Å². The molecule has 1 saturated heterocycles. The smallest absolute Gasteiger partial charge is 0.256 e. The van der Waals surface area contributed by atoms with Crippen LogP contribution in [-0.4, -0.2) is 43.7 Å². The molecule has 0 aliphatic carbocycles. The summed E-state index contributed by atoms with van der Waals surface area (Å²) in [6.07, 6.45) is 4.08. The Hall–Kier alpha value is -3.56. The van der Waals surface area contributed by atoms with Crippen LogP contribution in [0.2, 0.25) is 0 Å². The number of hydrogen-bond donors (Lipinski definition) is 3. The van der Waals surface area contributed by atoms with Crippen LogP contribution in [0.15, 0.2) is 55.0 Å². The van der Waals surface area contributed by atoms with Gasteiger partial charge in [-0.1, -0.05) is 18.2 Å². The van der Waals surface area contributed by atoms with Crippen molar-refractivity contribution in [2.45, 2.75) is 12.5 Å². The van der Waals surface area contributed by atoms with Gasteiger partial charge in [0.25, 0.3) is 5.91 Å². The summed E-state index contributed by atoms with van der Waals surface area (Å²) in [5.41, 5.74) is 8.99. The molecular weight excluding hydrogens is 416 g/mol. The average Bonchev–Trinajstić information content (AvgIpc) is 3.43. The second kappa shape index (κ2) is 8.66. The summed E-state index contributed by atoms with van der Waals surface area (Å²) >= 11 is 0. The van der Waals surface area contributed by atoms with Crippen molar-refractivity contribution in [2.75, 3.05) is 24.1 Å². The highest BCUT2D eigenvalue weighted by atomic mass is 35.5. The molecule has 4 heterocycles. The van der Waals surface area contributed by atoms with Crippen molar-refractivity contribution >= 4 is 41.0 Å². The van der Waals surface area contributed by atoms with Crippen LogP contribution in [0.4, 0.5) is 11.6 Å². The molecule has 5 rings (SSSR count). The third kappa shape index (κ3) is 3.92. The molecule has 0 unspecified atom stereocenters. The summed E-state index contributed by atoms with van der Waals surface area (Å²) in [6, 6.07) is 12.8. The zero-order valence-electron chi connectivity index (χ0n) is 16.5. The summed E-state index contributed by atoms with van der Waals surface area (Å²) in [6.45, 7) is 1.79. The molecule has 0 bridgehead atoms. The lowest BCUT2D eigenvalue weighted by atomic mass is 10.1. The van der Waals surface area contributed by atoms with Gasteiger partial charge < -0.3 is 16.4 Å². The molecule has 1 aromatic carbocycles. The summed E-state index contributed by atoms with van der Waals surface area (Å²) in [4.78, 5) is 25.2. The predicted octanol–water partition coefficient (Wildman–Crippen LogP) is 2.68. The third-order valence-corrected chi connectivity index (χ3v) is 5.23. The van der Waals surface area contributed by atoms with Crippen molar-refractivity contribution in [3.8, 4) is 11.3 Å². The Bertz CT molecular complexity index is 1200. The number of pyridine rings is 1.